The van der Waals surface area contributed by atoms with Crippen molar-refractivity contribution in [1.29, 1.82) is 0 Å². The lowest BCUT2D eigenvalue weighted by atomic mass is 10.1. The topological polar surface area (TPSA) is 93.3 Å². The van der Waals surface area contributed by atoms with Gasteiger partial charge in [0.1, 0.15) is 16.4 Å². The lowest BCUT2D eigenvalue weighted by molar-refractivity contribution is 0.392. The summed E-state index contributed by atoms with van der Waals surface area (Å²) in [5.74, 6) is 0.776. The van der Waals surface area contributed by atoms with Gasteiger partial charge in [-0.2, -0.15) is 0 Å². The van der Waals surface area contributed by atoms with E-state index in [9.17, 15) is 8.42 Å². The molecule has 2 N–H and O–H groups in total. The van der Waals surface area contributed by atoms with E-state index in [2.05, 4.69) is 14.7 Å². The predicted octanol–water partition coefficient (Wildman–Crippen LogP) is 3.00. The van der Waals surface area contributed by atoms with E-state index in [0.29, 0.717) is 11.3 Å². The fraction of sp³-hybridized carbons (Fsp3) is 0.235. The standard InChI is InChI=1S/C17H19N3O4S/c1-10-7-13-14(8-11(10)2)19-17(18-13)20-25(21,22)16-9-12(23-3)5-6-15(16)24-4/h5-9H,1-4H3,(H2,18,19,20). The van der Waals surface area contributed by atoms with Crippen LogP contribution < -0.4 is 14.2 Å². The van der Waals surface area contributed by atoms with Gasteiger partial charge in [-0.05, 0) is 49.2 Å². The molecule has 7 nitrogen and oxygen atoms in total. The molecule has 0 atom stereocenters. The molecule has 1 heterocycles. The number of aromatic nitrogens is 2. The first-order chi connectivity index (χ1) is 11.8. The summed E-state index contributed by atoms with van der Waals surface area (Å²) in [4.78, 5) is 7.26. The molecule has 0 radical (unpaired) electrons. The van der Waals surface area contributed by atoms with E-state index in [1.54, 1.807) is 12.1 Å². The van der Waals surface area contributed by atoms with E-state index in [1.807, 2.05) is 26.0 Å². The predicted molar refractivity (Wildman–Crippen MR) is 95.9 cm³/mol. The minimum atomic E-state index is -3.91. The van der Waals surface area contributed by atoms with Crippen molar-refractivity contribution in [1.82, 2.24) is 9.97 Å². The summed E-state index contributed by atoms with van der Waals surface area (Å²) < 4.78 is 38.2. The van der Waals surface area contributed by atoms with Crippen LogP contribution in [0.15, 0.2) is 35.2 Å². The van der Waals surface area contributed by atoms with Crippen LogP contribution in [0.2, 0.25) is 0 Å². The van der Waals surface area contributed by atoms with E-state index in [4.69, 9.17) is 9.47 Å². The van der Waals surface area contributed by atoms with Crippen molar-refractivity contribution in [2.45, 2.75) is 18.7 Å². The van der Waals surface area contributed by atoms with Gasteiger partial charge in [-0.25, -0.2) is 18.1 Å². The Morgan fingerprint density at radius 1 is 1.04 bits per heavy atom. The maximum absolute atomic E-state index is 12.8. The third-order valence-corrected chi connectivity index (χ3v) is 5.35. The number of fused-ring (bicyclic) bond motifs is 1. The molecule has 25 heavy (non-hydrogen) atoms. The van der Waals surface area contributed by atoms with Crippen LogP contribution in [0, 0.1) is 13.8 Å². The number of benzene rings is 2. The van der Waals surface area contributed by atoms with Crippen LogP contribution in [0.4, 0.5) is 5.95 Å². The molecule has 132 valence electrons. The number of methoxy groups -OCH3 is 2. The second-order valence-corrected chi connectivity index (χ2v) is 7.31. The van der Waals surface area contributed by atoms with Gasteiger partial charge in [0.05, 0.1) is 25.3 Å². The molecule has 3 aromatic rings. The fourth-order valence-corrected chi connectivity index (χ4v) is 3.64. The van der Waals surface area contributed by atoms with Crippen molar-refractivity contribution in [2.24, 2.45) is 0 Å². The monoisotopic (exact) mass is 361 g/mol. The summed E-state index contributed by atoms with van der Waals surface area (Å²) in [6, 6.07) is 8.41. The summed E-state index contributed by atoms with van der Waals surface area (Å²) in [6.45, 7) is 3.97. The number of hydrogen-bond donors (Lipinski definition) is 2. The zero-order valence-corrected chi connectivity index (χ0v) is 15.2. The van der Waals surface area contributed by atoms with Gasteiger partial charge in [-0.3, -0.25) is 0 Å². The number of H-pyrrole nitrogens is 1. The summed E-state index contributed by atoms with van der Waals surface area (Å²) in [5, 5.41) is 0. The number of rotatable bonds is 5. The maximum atomic E-state index is 12.8. The minimum Gasteiger partial charge on any atom is -0.497 e. The van der Waals surface area contributed by atoms with E-state index in [0.717, 1.165) is 16.6 Å². The van der Waals surface area contributed by atoms with Crippen molar-refractivity contribution >= 4 is 27.0 Å². The van der Waals surface area contributed by atoms with Gasteiger partial charge >= 0.3 is 0 Å². The molecule has 0 aliphatic carbocycles. The summed E-state index contributed by atoms with van der Waals surface area (Å²) in [7, 11) is -1.03. The van der Waals surface area contributed by atoms with Crippen LogP contribution in [-0.4, -0.2) is 32.6 Å². The number of anilines is 1. The minimum absolute atomic E-state index is 0.0258. The number of nitrogens with one attached hydrogen (secondary N) is 2. The van der Waals surface area contributed by atoms with Crippen molar-refractivity contribution in [2.75, 3.05) is 18.9 Å². The Labute approximate surface area is 146 Å². The molecule has 1 aromatic heterocycles. The smallest absolute Gasteiger partial charge is 0.268 e. The van der Waals surface area contributed by atoms with E-state index in [-0.39, 0.29) is 16.6 Å². The van der Waals surface area contributed by atoms with Gasteiger partial charge in [0.2, 0.25) is 5.95 Å². The number of nitrogens with zero attached hydrogens (tertiary/aromatic N) is 1. The van der Waals surface area contributed by atoms with Crippen molar-refractivity contribution in [3.8, 4) is 11.5 Å². The molecule has 0 unspecified atom stereocenters. The first kappa shape index (κ1) is 17.1. The van der Waals surface area contributed by atoms with Crippen LogP contribution >= 0.6 is 0 Å². The lowest BCUT2D eigenvalue weighted by Crippen LogP contribution is -2.15. The number of ether oxygens (including phenoxy) is 2. The largest absolute Gasteiger partial charge is 0.497 e. The average molecular weight is 361 g/mol. The number of hydrogen-bond acceptors (Lipinski definition) is 5. The van der Waals surface area contributed by atoms with Crippen LogP contribution in [0.3, 0.4) is 0 Å². The SMILES string of the molecule is COc1ccc(OC)c(S(=O)(=O)Nc2nc3cc(C)c(C)cc3[nH]2)c1. The third kappa shape index (κ3) is 3.25. The van der Waals surface area contributed by atoms with Crippen LogP contribution in [0.5, 0.6) is 11.5 Å². The number of aromatic amines is 1. The van der Waals surface area contributed by atoms with Crippen LogP contribution in [0.25, 0.3) is 11.0 Å². The second kappa shape index (κ2) is 6.29. The molecule has 0 fully saturated rings. The zero-order valence-electron chi connectivity index (χ0n) is 14.4. The van der Waals surface area contributed by atoms with Gasteiger partial charge in [0, 0.05) is 6.07 Å². The number of sulfonamides is 1. The number of imidazole rings is 1. The Morgan fingerprint density at radius 2 is 1.76 bits per heavy atom. The first-order valence-electron chi connectivity index (χ1n) is 7.56. The quantitative estimate of drug-likeness (QED) is 0.729. The zero-order chi connectivity index (χ0) is 18.2. The van der Waals surface area contributed by atoms with Crippen molar-refractivity contribution in [3.63, 3.8) is 0 Å². The average Bonchev–Trinajstić information content (AvgIpc) is 2.94. The highest BCUT2D eigenvalue weighted by Gasteiger charge is 2.22. The lowest BCUT2D eigenvalue weighted by Gasteiger charge is -2.11. The fourth-order valence-electron chi connectivity index (χ4n) is 2.49. The highest BCUT2D eigenvalue weighted by molar-refractivity contribution is 7.92. The Bertz CT molecular complexity index is 1000. The maximum Gasteiger partial charge on any atom is 0.268 e. The van der Waals surface area contributed by atoms with Gasteiger partial charge in [-0.15, -0.1) is 0 Å². The summed E-state index contributed by atoms with van der Waals surface area (Å²) >= 11 is 0. The van der Waals surface area contributed by atoms with Gasteiger partial charge in [-0.1, -0.05) is 0 Å². The molecule has 3 rings (SSSR count). The van der Waals surface area contributed by atoms with Gasteiger partial charge < -0.3 is 14.5 Å². The molecule has 0 saturated heterocycles. The normalized spacial score (nSPS) is 11.5. The molecule has 0 aliphatic heterocycles. The molecule has 0 aliphatic rings. The second-order valence-electron chi connectivity index (χ2n) is 5.66. The van der Waals surface area contributed by atoms with Crippen LogP contribution in [-0.2, 0) is 10.0 Å². The first-order valence-corrected chi connectivity index (χ1v) is 9.04. The summed E-state index contributed by atoms with van der Waals surface area (Å²) in [5.41, 5.74) is 3.64. The van der Waals surface area contributed by atoms with Gasteiger partial charge in [0.15, 0.2) is 0 Å². The van der Waals surface area contributed by atoms with Crippen molar-refractivity contribution < 1.29 is 17.9 Å². The molecule has 0 spiro atoms. The van der Waals surface area contributed by atoms with E-state index in [1.165, 1.54) is 20.3 Å². The number of aryl methyl sites for hydroxylation is 2. The molecule has 0 amide bonds. The Morgan fingerprint density at radius 3 is 2.44 bits per heavy atom. The Hall–Kier alpha value is -2.74. The van der Waals surface area contributed by atoms with Crippen molar-refractivity contribution in [3.05, 3.63) is 41.5 Å². The van der Waals surface area contributed by atoms with Crippen LogP contribution in [0.1, 0.15) is 11.1 Å². The molecule has 2 aromatic carbocycles. The Kier molecular flexibility index (Phi) is 4.30. The summed E-state index contributed by atoms with van der Waals surface area (Å²) in [6.07, 6.45) is 0. The third-order valence-electron chi connectivity index (χ3n) is 3.99. The molecule has 8 heteroatoms. The molecular formula is C17H19N3O4S. The molecule has 0 bridgehead atoms. The van der Waals surface area contributed by atoms with E-state index >= 15 is 0 Å². The molecular weight excluding hydrogens is 342 g/mol. The van der Waals surface area contributed by atoms with E-state index < -0.39 is 10.0 Å². The Balaban J connectivity index is 2.02. The highest BCUT2D eigenvalue weighted by Crippen LogP contribution is 2.29. The molecule has 0 saturated carbocycles. The van der Waals surface area contributed by atoms with Gasteiger partial charge in [0.25, 0.3) is 10.0 Å². The highest BCUT2D eigenvalue weighted by atomic mass is 32.2.